The summed E-state index contributed by atoms with van der Waals surface area (Å²) in [6.45, 7) is 2.51. The van der Waals surface area contributed by atoms with Crippen LogP contribution in [0.3, 0.4) is 0 Å². The molecule has 1 N–H and O–H groups in total. The summed E-state index contributed by atoms with van der Waals surface area (Å²) < 4.78 is 13.0. The number of hydrogen-bond acceptors (Lipinski definition) is 1. The van der Waals surface area contributed by atoms with Gasteiger partial charge in [0.05, 0.1) is 0 Å². The van der Waals surface area contributed by atoms with E-state index in [0.29, 0.717) is 12.1 Å². The third kappa shape index (κ3) is 4.32. The second-order valence-corrected chi connectivity index (χ2v) is 6.11. The van der Waals surface area contributed by atoms with Gasteiger partial charge in [-0.2, -0.15) is 0 Å². The van der Waals surface area contributed by atoms with Gasteiger partial charge in [-0.05, 0) is 46.9 Å². The first-order valence-corrected chi connectivity index (χ1v) is 8.32. The Labute approximate surface area is 147 Å². The molecule has 3 aromatic rings. The molecule has 0 aromatic heterocycles. The fraction of sp³-hybridized carbons (Fsp3) is 0.136. The molecule has 1 amide bonds. The number of carbonyl (C=O) groups is 1. The molecule has 0 saturated heterocycles. The Balaban J connectivity index is 1.60. The molecule has 0 spiro atoms. The molecule has 0 bridgehead atoms. The predicted molar refractivity (Wildman–Crippen MR) is 99.0 cm³/mol. The van der Waals surface area contributed by atoms with Crippen molar-refractivity contribution < 1.29 is 9.18 Å². The Morgan fingerprint density at radius 2 is 1.48 bits per heavy atom. The van der Waals surface area contributed by atoms with Crippen LogP contribution in [0.1, 0.15) is 28.8 Å². The minimum atomic E-state index is -0.251. The van der Waals surface area contributed by atoms with Crippen LogP contribution in [0.2, 0.25) is 0 Å². The summed E-state index contributed by atoms with van der Waals surface area (Å²) in [6, 6.07) is 24.0. The summed E-state index contributed by atoms with van der Waals surface area (Å²) in [4.78, 5) is 12.3. The number of carbonyl (C=O) groups excluding carboxylic acids is 1. The van der Waals surface area contributed by atoms with Crippen molar-refractivity contribution in [3.8, 4) is 11.1 Å². The van der Waals surface area contributed by atoms with Crippen LogP contribution >= 0.6 is 0 Å². The molecule has 1 atom stereocenters. The number of amides is 1. The lowest BCUT2D eigenvalue weighted by atomic mass is 10.0. The largest absolute Gasteiger partial charge is 0.351 e. The average molecular weight is 333 g/mol. The molecule has 25 heavy (non-hydrogen) atoms. The SMILES string of the molecule is CC(CNC(=O)c1ccc(-c2ccccc2)cc1)c1ccc(F)cc1. The van der Waals surface area contributed by atoms with Crippen molar-refractivity contribution in [1.29, 1.82) is 0 Å². The standard InChI is InChI=1S/C22H20FNO/c1-16(17-11-13-21(23)14-12-17)15-24-22(25)20-9-7-19(8-10-20)18-5-3-2-4-6-18/h2-14,16H,15H2,1H3,(H,24,25). The second-order valence-electron chi connectivity index (χ2n) is 6.11. The van der Waals surface area contributed by atoms with Gasteiger partial charge in [0, 0.05) is 12.1 Å². The first-order chi connectivity index (χ1) is 12.1. The third-order valence-electron chi connectivity index (χ3n) is 4.26. The smallest absolute Gasteiger partial charge is 0.251 e. The number of nitrogens with one attached hydrogen (secondary N) is 1. The topological polar surface area (TPSA) is 29.1 Å². The lowest BCUT2D eigenvalue weighted by Gasteiger charge is -2.13. The normalized spacial score (nSPS) is 11.8. The van der Waals surface area contributed by atoms with Crippen molar-refractivity contribution in [3.63, 3.8) is 0 Å². The highest BCUT2D eigenvalue weighted by molar-refractivity contribution is 5.94. The van der Waals surface area contributed by atoms with Crippen LogP contribution in [0, 0.1) is 5.82 Å². The maximum absolute atomic E-state index is 13.0. The summed E-state index contributed by atoms with van der Waals surface area (Å²) >= 11 is 0. The van der Waals surface area contributed by atoms with Crippen LogP contribution in [0.4, 0.5) is 4.39 Å². The van der Waals surface area contributed by atoms with Crippen LogP contribution in [-0.4, -0.2) is 12.5 Å². The highest BCUT2D eigenvalue weighted by Crippen LogP contribution is 2.19. The monoisotopic (exact) mass is 333 g/mol. The molecule has 0 aliphatic rings. The van der Waals surface area contributed by atoms with Crippen molar-refractivity contribution in [2.24, 2.45) is 0 Å². The maximum Gasteiger partial charge on any atom is 0.251 e. The third-order valence-corrected chi connectivity index (χ3v) is 4.26. The van der Waals surface area contributed by atoms with Gasteiger partial charge in [0.15, 0.2) is 0 Å². The number of hydrogen-bond donors (Lipinski definition) is 1. The average Bonchev–Trinajstić information content (AvgIpc) is 2.67. The zero-order valence-electron chi connectivity index (χ0n) is 14.1. The van der Waals surface area contributed by atoms with E-state index in [4.69, 9.17) is 0 Å². The molecule has 0 aliphatic carbocycles. The van der Waals surface area contributed by atoms with Crippen molar-refractivity contribution in [3.05, 3.63) is 95.8 Å². The molecule has 0 heterocycles. The summed E-state index contributed by atoms with van der Waals surface area (Å²) in [7, 11) is 0. The van der Waals surface area contributed by atoms with Crippen molar-refractivity contribution >= 4 is 5.91 Å². The maximum atomic E-state index is 13.0. The zero-order chi connectivity index (χ0) is 17.6. The van der Waals surface area contributed by atoms with E-state index in [2.05, 4.69) is 5.32 Å². The Morgan fingerprint density at radius 1 is 0.880 bits per heavy atom. The molecule has 3 aromatic carbocycles. The zero-order valence-corrected chi connectivity index (χ0v) is 14.1. The van der Waals surface area contributed by atoms with Crippen LogP contribution in [0.25, 0.3) is 11.1 Å². The lowest BCUT2D eigenvalue weighted by molar-refractivity contribution is 0.0951. The lowest BCUT2D eigenvalue weighted by Crippen LogP contribution is -2.27. The van der Waals surface area contributed by atoms with E-state index in [-0.39, 0.29) is 17.6 Å². The second kappa shape index (κ2) is 7.75. The van der Waals surface area contributed by atoms with Gasteiger partial charge >= 0.3 is 0 Å². The molecule has 0 aliphatic heterocycles. The van der Waals surface area contributed by atoms with Gasteiger partial charge in [0.2, 0.25) is 0 Å². The first kappa shape index (κ1) is 16.9. The number of halogens is 1. The van der Waals surface area contributed by atoms with Crippen LogP contribution < -0.4 is 5.32 Å². The summed E-state index contributed by atoms with van der Waals surface area (Å²) in [5.74, 6) is -0.236. The molecule has 2 nitrogen and oxygen atoms in total. The van der Waals surface area contributed by atoms with E-state index in [1.54, 1.807) is 12.1 Å². The van der Waals surface area contributed by atoms with Gasteiger partial charge in [0.25, 0.3) is 5.91 Å². The highest BCUT2D eigenvalue weighted by atomic mass is 19.1. The number of benzene rings is 3. The van der Waals surface area contributed by atoms with Crippen molar-refractivity contribution in [2.45, 2.75) is 12.8 Å². The molecule has 126 valence electrons. The molecule has 0 fully saturated rings. The minimum Gasteiger partial charge on any atom is -0.351 e. The van der Waals surface area contributed by atoms with Gasteiger partial charge in [-0.1, -0.05) is 61.5 Å². The Morgan fingerprint density at radius 3 is 2.12 bits per heavy atom. The van der Waals surface area contributed by atoms with E-state index >= 15 is 0 Å². The fourth-order valence-corrected chi connectivity index (χ4v) is 2.70. The Kier molecular flexibility index (Phi) is 5.24. The van der Waals surface area contributed by atoms with E-state index in [1.807, 2.05) is 61.5 Å². The molecule has 1 unspecified atom stereocenters. The van der Waals surface area contributed by atoms with Gasteiger partial charge in [0.1, 0.15) is 5.82 Å². The van der Waals surface area contributed by atoms with Crippen molar-refractivity contribution in [2.75, 3.05) is 6.54 Å². The van der Waals surface area contributed by atoms with Crippen LogP contribution in [0.5, 0.6) is 0 Å². The summed E-state index contributed by atoms with van der Waals surface area (Å²) in [5.41, 5.74) is 3.84. The van der Waals surface area contributed by atoms with Gasteiger partial charge in [-0.3, -0.25) is 4.79 Å². The van der Waals surface area contributed by atoms with E-state index in [9.17, 15) is 9.18 Å². The molecular formula is C22H20FNO. The molecule has 3 heteroatoms. The van der Waals surface area contributed by atoms with Gasteiger partial charge < -0.3 is 5.32 Å². The van der Waals surface area contributed by atoms with Crippen molar-refractivity contribution in [1.82, 2.24) is 5.32 Å². The fourth-order valence-electron chi connectivity index (χ4n) is 2.70. The quantitative estimate of drug-likeness (QED) is 0.697. The van der Waals surface area contributed by atoms with E-state index < -0.39 is 0 Å². The van der Waals surface area contributed by atoms with E-state index in [1.165, 1.54) is 12.1 Å². The van der Waals surface area contributed by atoms with Crippen LogP contribution in [0.15, 0.2) is 78.9 Å². The predicted octanol–water partition coefficient (Wildman–Crippen LogP) is 5.03. The molecule has 3 rings (SSSR count). The summed E-state index contributed by atoms with van der Waals surface area (Å²) in [6.07, 6.45) is 0. The Hall–Kier alpha value is -2.94. The number of rotatable bonds is 5. The molecule has 0 radical (unpaired) electrons. The first-order valence-electron chi connectivity index (χ1n) is 8.32. The molecular weight excluding hydrogens is 313 g/mol. The molecule has 0 saturated carbocycles. The minimum absolute atomic E-state index is 0.103. The highest BCUT2D eigenvalue weighted by Gasteiger charge is 2.10. The van der Waals surface area contributed by atoms with E-state index in [0.717, 1.165) is 16.7 Å². The van der Waals surface area contributed by atoms with Crippen LogP contribution in [-0.2, 0) is 0 Å². The Bertz CT molecular complexity index is 826. The van der Waals surface area contributed by atoms with Gasteiger partial charge in [-0.25, -0.2) is 4.39 Å². The van der Waals surface area contributed by atoms with Gasteiger partial charge in [-0.15, -0.1) is 0 Å². The summed E-state index contributed by atoms with van der Waals surface area (Å²) in [5, 5.41) is 2.94.